The first-order valence-electron chi connectivity index (χ1n) is 8.50. The number of benzene rings is 2. The van der Waals surface area contributed by atoms with E-state index in [0.29, 0.717) is 12.1 Å². The highest BCUT2D eigenvalue weighted by molar-refractivity contribution is 9.10. The molecular weight excluding hydrogens is 426 g/mol. The zero-order chi connectivity index (χ0) is 19.2. The smallest absolute Gasteiger partial charge is 0.307 e. The third-order valence-electron chi connectivity index (χ3n) is 4.15. The number of carboxylic acid groups (broad SMARTS) is 1. The molecule has 4 nitrogen and oxygen atoms in total. The van der Waals surface area contributed by atoms with E-state index >= 15 is 0 Å². The van der Waals surface area contributed by atoms with E-state index in [1.807, 2.05) is 60.0 Å². The minimum absolute atomic E-state index is 0.00791. The summed E-state index contributed by atoms with van der Waals surface area (Å²) in [5, 5.41) is 12.2. The number of carbonyl (C=O) groups is 2. The molecule has 1 N–H and O–H groups in total. The van der Waals surface area contributed by atoms with Crippen molar-refractivity contribution in [3.8, 4) is 10.6 Å². The minimum Gasteiger partial charge on any atom is -0.481 e. The van der Waals surface area contributed by atoms with Gasteiger partial charge in [0.1, 0.15) is 10.8 Å². The molecule has 0 aliphatic carbocycles. The van der Waals surface area contributed by atoms with Gasteiger partial charge in [0.05, 0.1) is 11.6 Å². The van der Waals surface area contributed by atoms with E-state index in [0.717, 1.165) is 20.6 Å². The average Bonchev–Trinajstić information content (AvgIpc) is 3.10. The second kappa shape index (κ2) is 9.06. The highest BCUT2D eigenvalue weighted by atomic mass is 79.9. The van der Waals surface area contributed by atoms with Gasteiger partial charge in [0.25, 0.3) is 0 Å². The number of nitrogens with zero attached hydrogens (tertiary/aromatic N) is 1. The highest BCUT2D eigenvalue weighted by Gasteiger charge is 2.22. The van der Waals surface area contributed by atoms with Crippen LogP contribution in [0.3, 0.4) is 0 Å². The van der Waals surface area contributed by atoms with E-state index in [4.69, 9.17) is 0 Å². The lowest BCUT2D eigenvalue weighted by atomic mass is 9.93. The summed E-state index contributed by atoms with van der Waals surface area (Å²) in [4.78, 5) is 28.5. The Kier molecular flexibility index (Phi) is 6.53. The molecule has 0 amide bonds. The number of halogens is 1. The van der Waals surface area contributed by atoms with Crippen LogP contribution in [0.2, 0.25) is 0 Å². The van der Waals surface area contributed by atoms with Crippen molar-refractivity contribution in [3.63, 3.8) is 0 Å². The molecular formula is C21H18BrNO3S. The minimum atomic E-state index is -0.944. The molecule has 1 heterocycles. The Hall–Kier alpha value is -2.31. The standard InChI is InChI=1S/C21H18BrNO3S/c22-17-8-4-7-15(10-17)20-23-18(13-27-20)12-19(24)11-16(21(25)26)9-14-5-2-1-3-6-14/h1-8,10,13,16H,9,11-12H2,(H,25,26)/t16-/m1/s1. The molecule has 0 bridgehead atoms. The Bertz CT molecular complexity index is 939. The Balaban J connectivity index is 1.63. The lowest BCUT2D eigenvalue weighted by Crippen LogP contribution is -2.21. The van der Waals surface area contributed by atoms with Crippen LogP contribution in [0.25, 0.3) is 10.6 Å². The third kappa shape index (κ3) is 5.58. The van der Waals surface area contributed by atoms with E-state index in [-0.39, 0.29) is 18.6 Å². The fourth-order valence-corrected chi connectivity index (χ4v) is 4.05. The molecule has 0 fully saturated rings. The molecule has 6 heteroatoms. The van der Waals surface area contributed by atoms with Crippen molar-refractivity contribution in [2.75, 3.05) is 0 Å². The SMILES string of the molecule is O=C(Cc1csc(-c2cccc(Br)c2)n1)C[C@@H](Cc1ccccc1)C(=O)O. The number of ketones is 1. The van der Waals surface area contributed by atoms with Crippen LogP contribution in [0.15, 0.2) is 64.5 Å². The van der Waals surface area contributed by atoms with Crippen molar-refractivity contribution in [1.82, 2.24) is 4.98 Å². The van der Waals surface area contributed by atoms with Crippen LogP contribution in [-0.4, -0.2) is 21.8 Å². The molecule has 3 aromatic rings. The normalized spacial score (nSPS) is 11.9. The molecule has 3 rings (SSSR count). The van der Waals surface area contributed by atoms with E-state index in [2.05, 4.69) is 20.9 Å². The number of Topliss-reactive ketones (excluding diaryl/α,β-unsaturated/α-hetero) is 1. The number of thiazole rings is 1. The molecule has 0 aliphatic heterocycles. The van der Waals surface area contributed by atoms with Crippen molar-refractivity contribution in [1.29, 1.82) is 0 Å². The van der Waals surface area contributed by atoms with E-state index < -0.39 is 11.9 Å². The summed E-state index contributed by atoms with van der Waals surface area (Å²) in [5.41, 5.74) is 2.59. The van der Waals surface area contributed by atoms with Gasteiger partial charge in [-0.3, -0.25) is 9.59 Å². The van der Waals surface area contributed by atoms with Crippen LogP contribution in [0.4, 0.5) is 0 Å². The van der Waals surface area contributed by atoms with Crippen LogP contribution in [0.1, 0.15) is 17.7 Å². The zero-order valence-corrected chi connectivity index (χ0v) is 16.9. The Morgan fingerprint density at radius 3 is 2.59 bits per heavy atom. The second-order valence-corrected chi connectivity index (χ2v) is 8.07. The maximum atomic E-state index is 12.4. The van der Waals surface area contributed by atoms with E-state index in [1.165, 1.54) is 11.3 Å². The Morgan fingerprint density at radius 2 is 1.89 bits per heavy atom. The van der Waals surface area contributed by atoms with Crippen molar-refractivity contribution in [2.45, 2.75) is 19.3 Å². The molecule has 2 aromatic carbocycles. The molecule has 1 atom stereocenters. The Labute approximate surface area is 170 Å². The van der Waals surface area contributed by atoms with Crippen molar-refractivity contribution in [2.24, 2.45) is 5.92 Å². The predicted octanol–water partition coefficient (Wildman–Crippen LogP) is 5.02. The quantitative estimate of drug-likeness (QED) is 0.530. The molecule has 138 valence electrons. The van der Waals surface area contributed by atoms with Gasteiger partial charge in [0, 0.05) is 28.3 Å². The lowest BCUT2D eigenvalue weighted by molar-refractivity contribution is -0.143. The molecule has 1 aromatic heterocycles. The third-order valence-corrected chi connectivity index (χ3v) is 5.58. The first kappa shape index (κ1) is 19.5. The number of carboxylic acids is 1. The van der Waals surface area contributed by atoms with Gasteiger partial charge < -0.3 is 5.11 Å². The first-order chi connectivity index (χ1) is 13.0. The maximum Gasteiger partial charge on any atom is 0.307 e. The summed E-state index contributed by atoms with van der Waals surface area (Å²) in [5.74, 6) is -1.77. The number of aromatic nitrogens is 1. The van der Waals surface area contributed by atoms with Gasteiger partial charge >= 0.3 is 5.97 Å². The van der Waals surface area contributed by atoms with Gasteiger partial charge in [-0.15, -0.1) is 11.3 Å². The summed E-state index contributed by atoms with van der Waals surface area (Å²) in [6, 6.07) is 17.2. The molecule has 0 saturated heterocycles. The summed E-state index contributed by atoms with van der Waals surface area (Å²) in [6.45, 7) is 0. The molecule has 27 heavy (non-hydrogen) atoms. The highest BCUT2D eigenvalue weighted by Crippen LogP contribution is 2.26. The maximum absolute atomic E-state index is 12.4. The summed E-state index contributed by atoms with van der Waals surface area (Å²) in [7, 11) is 0. The zero-order valence-electron chi connectivity index (χ0n) is 14.5. The largest absolute Gasteiger partial charge is 0.481 e. The van der Waals surface area contributed by atoms with E-state index in [9.17, 15) is 14.7 Å². The van der Waals surface area contributed by atoms with Crippen molar-refractivity contribution < 1.29 is 14.7 Å². The molecule has 0 aliphatic rings. The fraction of sp³-hybridized carbons (Fsp3) is 0.190. The van der Waals surface area contributed by atoms with Gasteiger partial charge in [-0.2, -0.15) is 0 Å². The number of carbonyl (C=O) groups excluding carboxylic acids is 1. The van der Waals surface area contributed by atoms with Crippen molar-refractivity contribution >= 4 is 39.0 Å². The monoisotopic (exact) mass is 443 g/mol. The van der Waals surface area contributed by atoms with Gasteiger partial charge in [0.15, 0.2) is 0 Å². The number of aliphatic carboxylic acids is 1. The number of hydrogen-bond donors (Lipinski definition) is 1. The fourth-order valence-electron chi connectivity index (χ4n) is 2.84. The van der Waals surface area contributed by atoms with Gasteiger partial charge in [0.2, 0.25) is 0 Å². The number of hydrogen-bond acceptors (Lipinski definition) is 4. The van der Waals surface area contributed by atoms with Crippen LogP contribution in [-0.2, 0) is 22.4 Å². The molecule has 0 unspecified atom stereocenters. The summed E-state index contributed by atoms with van der Waals surface area (Å²) >= 11 is 4.92. The topological polar surface area (TPSA) is 67.3 Å². The predicted molar refractivity (Wildman–Crippen MR) is 110 cm³/mol. The number of rotatable bonds is 8. The molecule has 0 radical (unpaired) electrons. The summed E-state index contributed by atoms with van der Waals surface area (Å²) < 4.78 is 0.970. The average molecular weight is 444 g/mol. The Morgan fingerprint density at radius 1 is 1.11 bits per heavy atom. The van der Waals surface area contributed by atoms with Crippen LogP contribution in [0, 0.1) is 5.92 Å². The second-order valence-electron chi connectivity index (χ2n) is 6.30. The van der Waals surface area contributed by atoms with Gasteiger partial charge in [-0.1, -0.05) is 58.4 Å². The van der Waals surface area contributed by atoms with Gasteiger partial charge in [-0.25, -0.2) is 4.98 Å². The summed E-state index contributed by atoms with van der Waals surface area (Å²) in [6.07, 6.45) is 0.513. The molecule has 0 saturated carbocycles. The van der Waals surface area contributed by atoms with Crippen molar-refractivity contribution in [3.05, 3.63) is 75.7 Å². The van der Waals surface area contributed by atoms with Crippen LogP contribution >= 0.6 is 27.3 Å². The van der Waals surface area contributed by atoms with E-state index in [1.54, 1.807) is 0 Å². The van der Waals surface area contributed by atoms with Crippen LogP contribution < -0.4 is 0 Å². The van der Waals surface area contributed by atoms with Crippen LogP contribution in [0.5, 0.6) is 0 Å². The molecule has 0 spiro atoms. The lowest BCUT2D eigenvalue weighted by Gasteiger charge is -2.11. The first-order valence-corrected chi connectivity index (χ1v) is 10.2. The van der Waals surface area contributed by atoms with Gasteiger partial charge in [-0.05, 0) is 24.1 Å².